The number of Topliss-reactive ketones (excluding diaryl/α,β-unsaturated/α-hetero) is 2. The first kappa shape index (κ1) is 20.8. The Balaban J connectivity index is 2.23. The first-order valence-electron chi connectivity index (χ1n) is 9.81. The Hall–Kier alpha value is -3.42. The van der Waals surface area contributed by atoms with Crippen molar-refractivity contribution in [2.45, 2.75) is 13.8 Å². The fraction of sp³-hybridized carbons (Fsp3) is 0.391. The molecule has 8 heteroatoms. The minimum atomic E-state index is -0.571. The summed E-state index contributed by atoms with van der Waals surface area (Å²) in [6.45, 7) is 3.49. The molecule has 0 saturated carbocycles. The number of fused-ring (bicyclic) bond motifs is 4. The van der Waals surface area contributed by atoms with Gasteiger partial charge < -0.3 is 28.4 Å². The quantitative estimate of drug-likeness (QED) is 0.727. The third-order valence-corrected chi connectivity index (χ3v) is 6.01. The van der Waals surface area contributed by atoms with Crippen LogP contribution in [0.1, 0.15) is 34.6 Å². The van der Waals surface area contributed by atoms with Gasteiger partial charge in [-0.25, -0.2) is 0 Å². The van der Waals surface area contributed by atoms with Gasteiger partial charge in [0.1, 0.15) is 0 Å². The maximum atomic E-state index is 13.5. The molecule has 0 spiro atoms. The Morgan fingerprint density at radius 2 is 1.29 bits per heavy atom. The highest BCUT2D eigenvalue weighted by atomic mass is 16.7. The molecular weight excluding hydrogens is 404 g/mol. The van der Waals surface area contributed by atoms with E-state index in [1.165, 1.54) is 28.4 Å². The van der Waals surface area contributed by atoms with Gasteiger partial charge in [-0.3, -0.25) is 9.59 Å². The van der Waals surface area contributed by atoms with E-state index < -0.39 is 11.8 Å². The maximum Gasteiger partial charge on any atom is 0.231 e. The number of hydrogen-bond acceptors (Lipinski definition) is 8. The zero-order chi connectivity index (χ0) is 22.4. The van der Waals surface area contributed by atoms with Gasteiger partial charge in [-0.1, -0.05) is 13.8 Å². The average molecular weight is 428 g/mol. The zero-order valence-corrected chi connectivity index (χ0v) is 18.3. The Morgan fingerprint density at radius 1 is 0.742 bits per heavy atom. The molecule has 0 fully saturated rings. The van der Waals surface area contributed by atoms with Gasteiger partial charge in [-0.05, 0) is 12.1 Å². The Morgan fingerprint density at radius 3 is 1.84 bits per heavy atom. The van der Waals surface area contributed by atoms with E-state index in [9.17, 15) is 9.59 Å². The van der Waals surface area contributed by atoms with E-state index in [2.05, 4.69) is 0 Å². The fourth-order valence-corrected chi connectivity index (χ4v) is 4.19. The van der Waals surface area contributed by atoms with Crippen molar-refractivity contribution in [1.29, 1.82) is 0 Å². The smallest absolute Gasteiger partial charge is 0.231 e. The lowest BCUT2D eigenvalue weighted by molar-refractivity contribution is 0.0791. The molecule has 31 heavy (non-hydrogen) atoms. The van der Waals surface area contributed by atoms with Crippen molar-refractivity contribution in [3.8, 4) is 45.6 Å². The summed E-state index contributed by atoms with van der Waals surface area (Å²) in [6, 6.07) is 3.26. The van der Waals surface area contributed by atoms with Crippen molar-refractivity contribution >= 4 is 11.6 Å². The second-order valence-corrected chi connectivity index (χ2v) is 7.44. The van der Waals surface area contributed by atoms with Crippen LogP contribution in [0.4, 0.5) is 0 Å². The molecule has 2 aromatic rings. The van der Waals surface area contributed by atoms with Crippen LogP contribution >= 0.6 is 0 Å². The number of methoxy groups -OCH3 is 4. The molecule has 4 rings (SSSR count). The molecule has 1 aliphatic carbocycles. The number of carbonyl (C=O) groups excluding carboxylic acids is 2. The van der Waals surface area contributed by atoms with Gasteiger partial charge in [0.05, 0.1) is 28.4 Å². The second kappa shape index (κ2) is 7.68. The highest BCUT2D eigenvalue weighted by molar-refractivity contribution is 6.16. The maximum absolute atomic E-state index is 13.5. The summed E-state index contributed by atoms with van der Waals surface area (Å²) in [6.07, 6.45) is 0. The molecule has 2 aliphatic rings. The molecule has 0 saturated heterocycles. The number of ketones is 2. The summed E-state index contributed by atoms with van der Waals surface area (Å²) < 4.78 is 33.6. The lowest BCUT2D eigenvalue weighted by Crippen LogP contribution is -2.29. The van der Waals surface area contributed by atoms with Crippen LogP contribution in [-0.4, -0.2) is 46.8 Å². The average Bonchev–Trinajstić information content (AvgIpc) is 3.27. The number of rotatable bonds is 4. The highest BCUT2D eigenvalue weighted by Gasteiger charge is 2.40. The molecule has 0 bridgehead atoms. The predicted octanol–water partition coefficient (Wildman–Crippen LogP) is 3.77. The number of ether oxygens (including phenoxy) is 6. The summed E-state index contributed by atoms with van der Waals surface area (Å²) in [5.74, 6) is 0.438. The predicted molar refractivity (Wildman–Crippen MR) is 111 cm³/mol. The lowest BCUT2D eigenvalue weighted by Gasteiger charge is -2.28. The molecule has 1 heterocycles. The minimum absolute atomic E-state index is 0.00356. The van der Waals surface area contributed by atoms with E-state index in [1.54, 1.807) is 26.0 Å². The van der Waals surface area contributed by atoms with E-state index in [4.69, 9.17) is 28.4 Å². The molecule has 0 N–H and O–H groups in total. The van der Waals surface area contributed by atoms with Crippen LogP contribution in [0.5, 0.6) is 34.5 Å². The minimum Gasteiger partial charge on any atom is -0.493 e. The lowest BCUT2D eigenvalue weighted by atomic mass is 9.76. The Bertz CT molecular complexity index is 1090. The van der Waals surface area contributed by atoms with Gasteiger partial charge in [-0.15, -0.1) is 0 Å². The fourth-order valence-electron chi connectivity index (χ4n) is 4.19. The first-order chi connectivity index (χ1) is 14.9. The van der Waals surface area contributed by atoms with Gasteiger partial charge in [0.25, 0.3) is 0 Å². The van der Waals surface area contributed by atoms with Crippen molar-refractivity contribution < 1.29 is 38.0 Å². The molecule has 0 radical (unpaired) electrons. The van der Waals surface area contributed by atoms with Crippen molar-refractivity contribution in [3.63, 3.8) is 0 Å². The molecule has 8 nitrogen and oxygen atoms in total. The summed E-state index contributed by atoms with van der Waals surface area (Å²) >= 11 is 0. The molecule has 0 unspecified atom stereocenters. The third-order valence-electron chi connectivity index (χ3n) is 6.01. The van der Waals surface area contributed by atoms with E-state index >= 15 is 0 Å². The molecule has 0 aromatic heterocycles. The van der Waals surface area contributed by atoms with Gasteiger partial charge >= 0.3 is 0 Å². The van der Waals surface area contributed by atoms with E-state index in [-0.39, 0.29) is 24.1 Å². The number of hydrogen-bond donors (Lipinski definition) is 0. The van der Waals surface area contributed by atoms with Crippen LogP contribution in [0.3, 0.4) is 0 Å². The third kappa shape index (κ3) is 2.89. The van der Waals surface area contributed by atoms with Crippen LogP contribution in [0.2, 0.25) is 0 Å². The second-order valence-electron chi connectivity index (χ2n) is 7.44. The molecular formula is C23H24O8. The van der Waals surface area contributed by atoms with Crippen LogP contribution in [0, 0.1) is 11.8 Å². The van der Waals surface area contributed by atoms with Crippen molar-refractivity contribution in [3.05, 3.63) is 23.3 Å². The summed E-state index contributed by atoms with van der Waals surface area (Å²) in [5, 5.41) is 0. The summed E-state index contributed by atoms with van der Waals surface area (Å²) in [7, 11) is 5.90. The zero-order valence-electron chi connectivity index (χ0n) is 18.3. The van der Waals surface area contributed by atoms with Gasteiger partial charge in [0, 0.05) is 34.1 Å². The molecule has 1 aliphatic heterocycles. The SMILES string of the molecule is COc1cc2c(c(OC)c1OC)-c1c(cc3c(c1OC)OCO3)C(=O)[C@@H](C)[C@@H](C)C2=O. The standard InChI is InChI=1S/C23H24O8/c1-10-11(2)19(25)13-8-15-21(31-9-30-15)23(29-6)17(13)16-12(18(10)24)7-14(26-3)20(27-4)22(16)28-5/h7-8,10-11H,9H2,1-6H3/t10-,11+/m1/s1. The number of carbonyl (C=O) groups is 2. The largest absolute Gasteiger partial charge is 0.493 e. The van der Waals surface area contributed by atoms with Gasteiger partial charge in [-0.2, -0.15) is 0 Å². The number of benzene rings is 2. The highest BCUT2D eigenvalue weighted by Crippen LogP contribution is 2.56. The van der Waals surface area contributed by atoms with Crippen LogP contribution in [0.25, 0.3) is 11.1 Å². The van der Waals surface area contributed by atoms with Gasteiger partial charge in [0.2, 0.25) is 18.3 Å². The molecule has 164 valence electrons. The molecule has 0 amide bonds. The Labute approximate surface area is 179 Å². The summed E-state index contributed by atoms with van der Waals surface area (Å²) in [4.78, 5) is 27.0. The van der Waals surface area contributed by atoms with E-state index in [1.807, 2.05) is 0 Å². The van der Waals surface area contributed by atoms with E-state index in [0.29, 0.717) is 51.0 Å². The first-order valence-corrected chi connectivity index (χ1v) is 9.81. The van der Waals surface area contributed by atoms with E-state index in [0.717, 1.165) is 0 Å². The van der Waals surface area contributed by atoms with Gasteiger partial charge in [0.15, 0.2) is 34.6 Å². The van der Waals surface area contributed by atoms with Crippen molar-refractivity contribution in [2.24, 2.45) is 11.8 Å². The normalized spacial score (nSPS) is 19.2. The van der Waals surface area contributed by atoms with Crippen LogP contribution in [0.15, 0.2) is 12.1 Å². The van der Waals surface area contributed by atoms with Crippen molar-refractivity contribution in [2.75, 3.05) is 35.2 Å². The molecule has 2 atom stereocenters. The van der Waals surface area contributed by atoms with Crippen LogP contribution < -0.4 is 28.4 Å². The van der Waals surface area contributed by atoms with Crippen LogP contribution in [-0.2, 0) is 0 Å². The van der Waals surface area contributed by atoms with Crippen molar-refractivity contribution in [1.82, 2.24) is 0 Å². The summed E-state index contributed by atoms with van der Waals surface area (Å²) in [5.41, 5.74) is 1.50. The Kier molecular flexibility index (Phi) is 5.16. The topological polar surface area (TPSA) is 89.5 Å². The molecule has 2 aromatic carbocycles. The monoisotopic (exact) mass is 428 g/mol.